The van der Waals surface area contributed by atoms with E-state index < -0.39 is 11.7 Å². The Morgan fingerprint density at radius 1 is 1.27 bits per heavy atom. The molecule has 0 unspecified atom stereocenters. The van der Waals surface area contributed by atoms with Gasteiger partial charge in [-0.1, -0.05) is 17.3 Å². The van der Waals surface area contributed by atoms with Crippen molar-refractivity contribution < 1.29 is 13.2 Å². The van der Waals surface area contributed by atoms with Gasteiger partial charge in [0.2, 0.25) is 0 Å². The lowest BCUT2D eigenvalue weighted by Crippen LogP contribution is -2.04. The number of nitrogens with one attached hydrogen (secondary N) is 1. The lowest BCUT2D eigenvalue weighted by atomic mass is 10.1. The van der Waals surface area contributed by atoms with E-state index >= 15 is 0 Å². The van der Waals surface area contributed by atoms with E-state index in [2.05, 4.69) is 20.4 Å². The van der Waals surface area contributed by atoms with E-state index in [4.69, 9.17) is 5.26 Å². The average Bonchev–Trinajstić information content (AvgIpc) is 3.15. The summed E-state index contributed by atoms with van der Waals surface area (Å²) >= 11 is 1.14. The molecule has 0 saturated heterocycles. The monoisotopic (exact) mass is 321 g/mol. The predicted molar refractivity (Wildman–Crippen MR) is 72.6 cm³/mol. The first-order chi connectivity index (χ1) is 10.5. The summed E-state index contributed by atoms with van der Waals surface area (Å²) in [6, 6.07) is 6.82. The zero-order valence-electron chi connectivity index (χ0n) is 10.7. The Hall–Kier alpha value is -2.73. The zero-order valence-corrected chi connectivity index (χ0v) is 11.5. The first kappa shape index (κ1) is 14.2. The fourth-order valence-electron chi connectivity index (χ4n) is 1.82. The summed E-state index contributed by atoms with van der Waals surface area (Å²) in [5.41, 5.74) is 0.131. The molecule has 1 N–H and O–H groups in total. The van der Waals surface area contributed by atoms with Crippen LogP contribution in [0.15, 0.2) is 30.5 Å². The molecule has 0 aliphatic carbocycles. The van der Waals surface area contributed by atoms with Gasteiger partial charge in [0.1, 0.15) is 16.8 Å². The number of nitriles is 1. The molecule has 0 amide bonds. The van der Waals surface area contributed by atoms with Crippen LogP contribution in [-0.2, 0) is 6.18 Å². The number of benzene rings is 1. The van der Waals surface area contributed by atoms with Gasteiger partial charge in [-0.15, -0.1) is 16.4 Å². The Balaban J connectivity index is 2.00. The van der Waals surface area contributed by atoms with Gasteiger partial charge in [-0.3, -0.25) is 0 Å². The molecule has 0 atom stereocenters. The van der Waals surface area contributed by atoms with Gasteiger partial charge in [0, 0.05) is 11.8 Å². The van der Waals surface area contributed by atoms with Crippen LogP contribution in [0.25, 0.3) is 21.1 Å². The minimum absolute atomic E-state index is 0.180. The number of hydrogen-bond acceptors (Lipinski definition) is 5. The van der Waals surface area contributed by atoms with Gasteiger partial charge in [-0.05, 0) is 12.1 Å². The molecule has 0 spiro atoms. The lowest BCUT2D eigenvalue weighted by molar-refractivity contribution is -0.137. The third-order valence-corrected chi connectivity index (χ3v) is 3.89. The van der Waals surface area contributed by atoms with Crippen molar-refractivity contribution >= 4 is 11.3 Å². The molecule has 0 fully saturated rings. The number of hydrogen-bond donors (Lipinski definition) is 1. The van der Waals surface area contributed by atoms with E-state index in [1.165, 1.54) is 12.3 Å². The van der Waals surface area contributed by atoms with E-state index in [0.29, 0.717) is 21.1 Å². The largest absolute Gasteiger partial charge is 0.416 e. The predicted octanol–water partition coefficient (Wildman–Crippen LogP) is 3.49. The summed E-state index contributed by atoms with van der Waals surface area (Å²) in [5.74, 6) is 0. The zero-order chi connectivity index (χ0) is 15.7. The molecule has 3 aromatic rings. The molecule has 0 aliphatic heterocycles. The third-order valence-electron chi connectivity index (χ3n) is 2.84. The van der Waals surface area contributed by atoms with Gasteiger partial charge in [0.15, 0.2) is 5.69 Å². The van der Waals surface area contributed by atoms with Gasteiger partial charge in [0.25, 0.3) is 0 Å². The number of alkyl halides is 3. The summed E-state index contributed by atoms with van der Waals surface area (Å²) < 4.78 is 38.2. The third kappa shape index (κ3) is 2.56. The summed E-state index contributed by atoms with van der Waals surface area (Å²) in [6.07, 6.45) is -2.95. The lowest BCUT2D eigenvalue weighted by Gasteiger charge is -2.07. The average molecular weight is 321 g/mol. The molecule has 1 aromatic carbocycles. The van der Waals surface area contributed by atoms with Gasteiger partial charge in [-0.2, -0.15) is 18.4 Å². The molecule has 22 heavy (non-hydrogen) atoms. The number of rotatable bonds is 2. The smallest absolute Gasteiger partial charge is 0.247 e. The van der Waals surface area contributed by atoms with Crippen molar-refractivity contribution in [3.05, 3.63) is 41.7 Å². The van der Waals surface area contributed by atoms with Crippen LogP contribution in [0.1, 0.15) is 11.3 Å². The van der Waals surface area contributed by atoms with Crippen molar-refractivity contribution in [3.8, 4) is 27.2 Å². The Labute approximate surface area is 126 Å². The maximum atomic E-state index is 12.7. The number of thiazole rings is 1. The fourth-order valence-corrected chi connectivity index (χ4v) is 2.73. The van der Waals surface area contributed by atoms with Crippen LogP contribution in [0.2, 0.25) is 0 Å². The molecule has 9 heteroatoms. The molecule has 2 aromatic heterocycles. The van der Waals surface area contributed by atoms with E-state index in [-0.39, 0.29) is 5.69 Å². The highest BCUT2D eigenvalue weighted by Gasteiger charge is 2.30. The van der Waals surface area contributed by atoms with Crippen LogP contribution in [0.3, 0.4) is 0 Å². The molecule has 0 aliphatic rings. The molecule has 2 heterocycles. The highest BCUT2D eigenvalue weighted by atomic mass is 32.1. The van der Waals surface area contributed by atoms with Gasteiger partial charge < -0.3 is 0 Å². The fraction of sp³-hybridized carbons (Fsp3) is 0.0769. The first-order valence-electron chi connectivity index (χ1n) is 5.94. The maximum absolute atomic E-state index is 12.7. The molecule has 3 rings (SSSR count). The van der Waals surface area contributed by atoms with Crippen molar-refractivity contribution in [2.24, 2.45) is 0 Å². The summed E-state index contributed by atoms with van der Waals surface area (Å²) in [7, 11) is 0. The van der Waals surface area contributed by atoms with Crippen LogP contribution >= 0.6 is 11.3 Å². The van der Waals surface area contributed by atoms with Crippen LogP contribution in [0.4, 0.5) is 13.2 Å². The number of aromatic amines is 1. The van der Waals surface area contributed by atoms with Gasteiger partial charge >= 0.3 is 6.18 Å². The topological polar surface area (TPSA) is 78.2 Å². The Bertz CT molecular complexity index is 859. The minimum atomic E-state index is -4.41. The summed E-state index contributed by atoms with van der Waals surface area (Å²) in [6.45, 7) is 0. The van der Waals surface area contributed by atoms with Crippen molar-refractivity contribution in [2.45, 2.75) is 6.18 Å². The Morgan fingerprint density at radius 3 is 2.82 bits per heavy atom. The summed E-state index contributed by atoms with van der Waals surface area (Å²) in [4.78, 5) is 4.65. The SMILES string of the molecule is N#Cc1[nH]nnc1-c1cnc(-c2cccc(C(F)(F)F)c2)s1. The molecule has 0 bridgehead atoms. The van der Waals surface area contributed by atoms with Crippen molar-refractivity contribution in [2.75, 3.05) is 0 Å². The van der Waals surface area contributed by atoms with E-state index in [9.17, 15) is 13.2 Å². The Kier molecular flexibility index (Phi) is 3.38. The second-order valence-electron chi connectivity index (χ2n) is 4.26. The molecule has 5 nitrogen and oxygen atoms in total. The number of nitrogens with zero attached hydrogens (tertiary/aromatic N) is 4. The first-order valence-corrected chi connectivity index (χ1v) is 6.75. The van der Waals surface area contributed by atoms with Crippen LogP contribution in [-0.4, -0.2) is 20.4 Å². The normalized spacial score (nSPS) is 11.4. The van der Waals surface area contributed by atoms with E-state index in [1.54, 1.807) is 6.07 Å². The molecule has 0 saturated carbocycles. The number of aromatic nitrogens is 4. The van der Waals surface area contributed by atoms with Gasteiger partial charge in [0.05, 0.1) is 10.4 Å². The number of halogens is 3. The maximum Gasteiger partial charge on any atom is 0.416 e. The van der Waals surface area contributed by atoms with Gasteiger partial charge in [-0.25, -0.2) is 10.1 Å². The quantitative estimate of drug-likeness (QED) is 0.783. The molecular weight excluding hydrogens is 315 g/mol. The van der Waals surface area contributed by atoms with E-state index in [1.807, 2.05) is 6.07 Å². The number of H-pyrrole nitrogens is 1. The van der Waals surface area contributed by atoms with Crippen molar-refractivity contribution in [1.82, 2.24) is 20.4 Å². The van der Waals surface area contributed by atoms with Crippen molar-refractivity contribution in [1.29, 1.82) is 5.26 Å². The minimum Gasteiger partial charge on any atom is -0.247 e. The van der Waals surface area contributed by atoms with Crippen LogP contribution < -0.4 is 0 Å². The Morgan fingerprint density at radius 2 is 2.09 bits per heavy atom. The molecule has 110 valence electrons. The highest BCUT2D eigenvalue weighted by Crippen LogP contribution is 2.35. The molecular formula is C13H6F3N5S. The van der Waals surface area contributed by atoms with Crippen LogP contribution in [0.5, 0.6) is 0 Å². The second-order valence-corrected chi connectivity index (χ2v) is 5.29. The van der Waals surface area contributed by atoms with Crippen LogP contribution in [0, 0.1) is 11.3 Å². The van der Waals surface area contributed by atoms with Crippen molar-refractivity contribution in [3.63, 3.8) is 0 Å². The molecule has 0 radical (unpaired) electrons. The standard InChI is InChI=1S/C13H6F3N5S/c14-13(15,16)8-3-1-2-7(4-8)12-18-6-10(22-12)11-9(5-17)19-21-20-11/h1-4,6H,(H,19,20,21). The second kappa shape index (κ2) is 5.23. The highest BCUT2D eigenvalue weighted by molar-refractivity contribution is 7.18. The van der Waals surface area contributed by atoms with E-state index in [0.717, 1.165) is 23.5 Å². The summed E-state index contributed by atoms with van der Waals surface area (Å²) in [5, 5.41) is 19.1.